The third kappa shape index (κ3) is 4.32. The molecule has 4 heteroatoms. The first-order valence-electron chi connectivity index (χ1n) is 6.77. The van der Waals surface area contributed by atoms with Crippen LogP contribution in [0.3, 0.4) is 0 Å². The van der Waals surface area contributed by atoms with Crippen LogP contribution in [0.1, 0.15) is 21.5 Å². The van der Waals surface area contributed by atoms with Crippen molar-refractivity contribution in [3.8, 4) is 0 Å². The lowest BCUT2D eigenvalue weighted by Gasteiger charge is -2.22. The maximum atomic E-state index is 12.6. The number of amides is 1. The third-order valence-corrected chi connectivity index (χ3v) is 4.04. The summed E-state index contributed by atoms with van der Waals surface area (Å²) in [6.07, 6.45) is 0. The molecule has 0 aliphatic rings. The van der Waals surface area contributed by atoms with Gasteiger partial charge in [0, 0.05) is 29.0 Å². The molecule has 0 saturated carbocycles. The molecular formula is C17H17BrClNO. The SMILES string of the molecule is Cc1ccc(C(=O)N(CCBr)Cc2ccccc2)cc1Cl. The molecule has 0 aliphatic carbocycles. The second-order valence-electron chi connectivity index (χ2n) is 4.87. The van der Waals surface area contributed by atoms with Crippen LogP contribution in [0.2, 0.25) is 5.02 Å². The Hall–Kier alpha value is -1.32. The van der Waals surface area contributed by atoms with Gasteiger partial charge in [-0.15, -0.1) is 0 Å². The fourth-order valence-corrected chi connectivity index (χ4v) is 2.68. The summed E-state index contributed by atoms with van der Waals surface area (Å²) in [6.45, 7) is 3.17. The summed E-state index contributed by atoms with van der Waals surface area (Å²) >= 11 is 9.53. The second kappa shape index (κ2) is 7.62. The summed E-state index contributed by atoms with van der Waals surface area (Å²) in [5, 5.41) is 1.37. The molecule has 0 bridgehead atoms. The van der Waals surface area contributed by atoms with E-state index in [2.05, 4.69) is 15.9 Å². The van der Waals surface area contributed by atoms with E-state index >= 15 is 0 Å². The molecule has 0 N–H and O–H groups in total. The van der Waals surface area contributed by atoms with E-state index < -0.39 is 0 Å². The van der Waals surface area contributed by atoms with Crippen molar-refractivity contribution in [3.63, 3.8) is 0 Å². The van der Waals surface area contributed by atoms with Gasteiger partial charge in [0.05, 0.1) is 0 Å². The monoisotopic (exact) mass is 365 g/mol. The van der Waals surface area contributed by atoms with E-state index in [9.17, 15) is 4.79 Å². The average Bonchev–Trinajstić information content (AvgIpc) is 2.50. The van der Waals surface area contributed by atoms with Crippen LogP contribution in [-0.4, -0.2) is 22.7 Å². The lowest BCUT2D eigenvalue weighted by Crippen LogP contribution is -2.32. The molecule has 21 heavy (non-hydrogen) atoms. The van der Waals surface area contributed by atoms with Gasteiger partial charge < -0.3 is 4.90 Å². The molecular weight excluding hydrogens is 350 g/mol. The van der Waals surface area contributed by atoms with Crippen LogP contribution in [0.15, 0.2) is 48.5 Å². The molecule has 0 saturated heterocycles. The Bertz CT molecular complexity index is 615. The highest BCUT2D eigenvalue weighted by atomic mass is 79.9. The summed E-state index contributed by atoms with van der Waals surface area (Å²) in [5.41, 5.74) is 2.72. The largest absolute Gasteiger partial charge is 0.333 e. The molecule has 2 rings (SSSR count). The molecule has 1 amide bonds. The molecule has 0 unspecified atom stereocenters. The first-order chi connectivity index (χ1) is 10.1. The van der Waals surface area contributed by atoms with Gasteiger partial charge in [0.2, 0.25) is 0 Å². The number of hydrogen-bond donors (Lipinski definition) is 0. The van der Waals surface area contributed by atoms with Crippen LogP contribution in [0.4, 0.5) is 0 Å². The van der Waals surface area contributed by atoms with Crippen LogP contribution in [0.5, 0.6) is 0 Å². The summed E-state index contributed by atoms with van der Waals surface area (Å²) in [7, 11) is 0. The van der Waals surface area contributed by atoms with Crippen LogP contribution >= 0.6 is 27.5 Å². The number of benzene rings is 2. The molecule has 0 aliphatic heterocycles. The van der Waals surface area contributed by atoms with Gasteiger partial charge in [-0.2, -0.15) is 0 Å². The maximum absolute atomic E-state index is 12.6. The molecule has 0 fully saturated rings. The van der Waals surface area contributed by atoms with Crippen molar-refractivity contribution in [1.29, 1.82) is 0 Å². The minimum Gasteiger partial charge on any atom is -0.333 e. The zero-order valence-corrected chi connectivity index (χ0v) is 14.2. The van der Waals surface area contributed by atoms with Gasteiger partial charge in [-0.1, -0.05) is 63.9 Å². The number of rotatable bonds is 5. The second-order valence-corrected chi connectivity index (χ2v) is 6.07. The molecule has 0 spiro atoms. The quantitative estimate of drug-likeness (QED) is 0.703. The van der Waals surface area contributed by atoms with E-state index in [1.807, 2.05) is 54.3 Å². The molecule has 2 aromatic rings. The first kappa shape index (κ1) is 16.1. The fourth-order valence-electron chi connectivity index (χ4n) is 2.07. The number of aryl methyl sites for hydroxylation is 1. The molecule has 110 valence electrons. The standard InChI is InChI=1S/C17H17BrClNO/c1-13-7-8-15(11-16(13)19)17(21)20(10-9-18)12-14-5-3-2-4-6-14/h2-8,11H,9-10,12H2,1H3. The van der Waals surface area contributed by atoms with E-state index in [0.717, 1.165) is 16.5 Å². The number of nitrogens with zero attached hydrogens (tertiary/aromatic N) is 1. The van der Waals surface area contributed by atoms with Crippen molar-refractivity contribution in [2.75, 3.05) is 11.9 Å². The number of carbonyl (C=O) groups excluding carboxylic acids is 1. The molecule has 0 radical (unpaired) electrons. The zero-order chi connectivity index (χ0) is 15.2. The average molecular weight is 367 g/mol. The van der Waals surface area contributed by atoms with Crippen molar-refractivity contribution in [1.82, 2.24) is 4.90 Å². The normalized spacial score (nSPS) is 10.4. The smallest absolute Gasteiger partial charge is 0.254 e. The highest BCUT2D eigenvalue weighted by Crippen LogP contribution is 2.19. The van der Waals surface area contributed by atoms with Gasteiger partial charge in [-0.25, -0.2) is 0 Å². The highest BCUT2D eigenvalue weighted by Gasteiger charge is 2.16. The predicted molar refractivity (Wildman–Crippen MR) is 91.2 cm³/mol. The Kier molecular flexibility index (Phi) is 5.83. The summed E-state index contributed by atoms with van der Waals surface area (Å²) in [5.74, 6) is 0.000188. The van der Waals surface area contributed by atoms with Crippen molar-refractivity contribution in [2.24, 2.45) is 0 Å². The minimum absolute atomic E-state index is 0.000188. The van der Waals surface area contributed by atoms with E-state index in [4.69, 9.17) is 11.6 Å². The highest BCUT2D eigenvalue weighted by molar-refractivity contribution is 9.09. The molecule has 2 nitrogen and oxygen atoms in total. The van der Waals surface area contributed by atoms with Gasteiger partial charge in [0.25, 0.3) is 5.91 Å². The first-order valence-corrected chi connectivity index (χ1v) is 8.27. The maximum Gasteiger partial charge on any atom is 0.254 e. The van der Waals surface area contributed by atoms with Gasteiger partial charge in [0.15, 0.2) is 0 Å². The van der Waals surface area contributed by atoms with E-state index in [1.54, 1.807) is 6.07 Å². The minimum atomic E-state index is 0.000188. The molecule has 2 aromatic carbocycles. The summed E-state index contributed by atoms with van der Waals surface area (Å²) < 4.78 is 0. The number of hydrogen-bond acceptors (Lipinski definition) is 1. The molecule has 0 atom stereocenters. The van der Waals surface area contributed by atoms with Crippen molar-refractivity contribution in [2.45, 2.75) is 13.5 Å². The lowest BCUT2D eigenvalue weighted by atomic mass is 10.1. The van der Waals surface area contributed by atoms with Crippen LogP contribution < -0.4 is 0 Å². The van der Waals surface area contributed by atoms with Crippen molar-refractivity contribution < 1.29 is 4.79 Å². The van der Waals surface area contributed by atoms with E-state index in [-0.39, 0.29) is 5.91 Å². The van der Waals surface area contributed by atoms with E-state index in [1.165, 1.54) is 0 Å². The molecule has 0 aromatic heterocycles. The predicted octanol–water partition coefficient (Wildman–Crippen LogP) is 4.69. The summed E-state index contributed by atoms with van der Waals surface area (Å²) in [4.78, 5) is 14.5. The Morgan fingerprint density at radius 1 is 1.19 bits per heavy atom. The van der Waals surface area contributed by atoms with Crippen LogP contribution in [0, 0.1) is 6.92 Å². The van der Waals surface area contributed by atoms with Gasteiger partial charge in [-0.05, 0) is 30.2 Å². The van der Waals surface area contributed by atoms with Crippen LogP contribution in [0.25, 0.3) is 0 Å². The summed E-state index contributed by atoms with van der Waals surface area (Å²) in [6, 6.07) is 15.4. The lowest BCUT2D eigenvalue weighted by molar-refractivity contribution is 0.0754. The Morgan fingerprint density at radius 2 is 1.90 bits per heavy atom. The number of alkyl halides is 1. The van der Waals surface area contributed by atoms with Crippen LogP contribution in [-0.2, 0) is 6.54 Å². The van der Waals surface area contributed by atoms with Crippen molar-refractivity contribution >= 4 is 33.4 Å². The molecule has 0 heterocycles. The van der Waals surface area contributed by atoms with Gasteiger partial charge in [0.1, 0.15) is 0 Å². The van der Waals surface area contributed by atoms with Crippen molar-refractivity contribution in [3.05, 3.63) is 70.2 Å². The fraction of sp³-hybridized carbons (Fsp3) is 0.235. The third-order valence-electron chi connectivity index (χ3n) is 3.28. The Morgan fingerprint density at radius 3 is 2.52 bits per heavy atom. The van der Waals surface area contributed by atoms with Gasteiger partial charge >= 0.3 is 0 Å². The van der Waals surface area contributed by atoms with E-state index in [0.29, 0.717) is 23.7 Å². The Labute approximate surface area is 138 Å². The number of carbonyl (C=O) groups is 1. The zero-order valence-electron chi connectivity index (χ0n) is 11.9. The van der Waals surface area contributed by atoms with Gasteiger partial charge in [-0.3, -0.25) is 4.79 Å². The Balaban J connectivity index is 2.20. The number of halogens is 2. The topological polar surface area (TPSA) is 20.3 Å².